The predicted molar refractivity (Wildman–Crippen MR) is 74.0 cm³/mol. The zero-order chi connectivity index (χ0) is 14.6. The number of unbranched alkanes of at least 4 members (excludes halogenated alkanes) is 1. The lowest BCUT2D eigenvalue weighted by molar-refractivity contribution is 0.583. The van der Waals surface area contributed by atoms with Crippen LogP contribution in [0.25, 0.3) is 0 Å². The molecule has 0 aliphatic heterocycles. The molecule has 1 aromatic rings. The minimum Gasteiger partial charge on any atom is -0.314 e. The summed E-state index contributed by atoms with van der Waals surface area (Å²) in [7, 11) is -3.56. The fraction of sp³-hybridized carbons (Fsp3) is 0.538. The first-order valence-corrected chi connectivity index (χ1v) is 8.30. The van der Waals surface area contributed by atoms with Crippen LogP contribution in [0.2, 0.25) is 0 Å². The Balaban J connectivity index is 1.77. The number of sulfonamides is 1. The summed E-state index contributed by atoms with van der Waals surface area (Å²) in [5, 5.41) is 3.29. The van der Waals surface area contributed by atoms with Crippen molar-refractivity contribution in [2.24, 2.45) is 0 Å². The second kappa shape index (κ2) is 6.49. The molecule has 0 atom stereocenters. The Bertz CT molecular complexity index is 539. The van der Waals surface area contributed by atoms with Crippen LogP contribution in [0.1, 0.15) is 25.7 Å². The van der Waals surface area contributed by atoms with E-state index in [0.717, 1.165) is 25.1 Å². The van der Waals surface area contributed by atoms with Gasteiger partial charge in [-0.2, -0.15) is 0 Å². The molecule has 0 radical (unpaired) electrons. The van der Waals surface area contributed by atoms with Gasteiger partial charge in [-0.1, -0.05) is 0 Å². The van der Waals surface area contributed by atoms with E-state index < -0.39 is 21.7 Å². The summed E-state index contributed by atoms with van der Waals surface area (Å²) in [6.45, 7) is 0.800. The molecule has 4 nitrogen and oxygen atoms in total. The van der Waals surface area contributed by atoms with Crippen LogP contribution >= 0.6 is 0 Å². The van der Waals surface area contributed by atoms with Crippen molar-refractivity contribution < 1.29 is 17.2 Å². The van der Waals surface area contributed by atoms with Gasteiger partial charge in [0.1, 0.15) is 11.6 Å². The third-order valence-electron chi connectivity index (χ3n) is 2.99. The molecule has 1 aliphatic carbocycles. The maximum Gasteiger partial charge on any atom is 0.232 e. The first-order valence-electron chi connectivity index (χ1n) is 6.64. The van der Waals surface area contributed by atoms with Crippen LogP contribution in [0.5, 0.6) is 0 Å². The normalized spacial score (nSPS) is 15.3. The van der Waals surface area contributed by atoms with Gasteiger partial charge >= 0.3 is 0 Å². The van der Waals surface area contributed by atoms with Crippen molar-refractivity contribution in [3.63, 3.8) is 0 Å². The summed E-state index contributed by atoms with van der Waals surface area (Å²) < 4.78 is 51.6. The molecule has 0 aromatic heterocycles. The van der Waals surface area contributed by atoms with E-state index in [1.165, 1.54) is 12.8 Å². The molecule has 0 unspecified atom stereocenters. The molecular weight excluding hydrogens is 286 g/mol. The van der Waals surface area contributed by atoms with Gasteiger partial charge in [0.25, 0.3) is 0 Å². The molecule has 0 spiro atoms. The molecule has 0 saturated heterocycles. The molecule has 112 valence electrons. The second-order valence-corrected chi connectivity index (χ2v) is 6.86. The van der Waals surface area contributed by atoms with E-state index >= 15 is 0 Å². The Morgan fingerprint density at radius 2 is 1.75 bits per heavy atom. The van der Waals surface area contributed by atoms with E-state index in [1.807, 2.05) is 0 Å². The lowest BCUT2D eigenvalue weighted by Gasteiger charge is -2.08. The Morgan fingerprint density at radius 3 is 2.35 bits per heavy atom. The topological polar surface area (TPSA) is 58.2 Å². The van der Waals surface area contributed by atoms with Crippen molar-refractivity contribution in [1.29, 1.82) is 0 Å². The standard InChI is InChI=1S/C13H18F2N2O2S/c14-10-7-11(15)9-13(8-10)17-20(18,19)6-2-1-5-16-12-3-4-12/h7-9,12,16-17H,1-6H2. The highest BCUT2D eigenvalue weighted by molar-refractivity contribution is 7.92. The molecule has 0 amide bonds. The molecule has 2 N–H and O–H groups in total. The highest BCUT2D eigenvalue weighted by Gasteiger charge is 2.19. The summed E-state index contributed by atoms with van der Waals surface area (Å²) in [6, 6.07) is 3.21. The third-order valence-corrected chi connectivity index (χ3v) is 4.36. The second-order valence-electron chi connectivity index (χ2n) is 5.01. The van der Waals surface area contributed by atoms with Gasteiger partial charge in [0.05, 0.1) is 11.4 Å². The van der Waals surface area contributed by atoms with Crippen LogP contribution in [0, 0.1) is 11.6 Å². The van der Waals surface area contributed by atoms with E-state index in [9.17, 15) is 17.2 Å². The number of benzene rings is 1. The minimum atomic E-state index is -3.56. The number of rotatable bonds is 8. The Hall–Kier alpha value is -1.21. The number of nitrogens with one attached hydrogen (secondary N) is 2. The fourth-order valence-corrected chi connectivity index (χ4v) is 3.02. The molecule has 1 aliphatic rings. The van der Waals surface area contributed by atoms with Crippen molar-refractivity contribution >= 4 is 15.7 Å². The van der Waals surface area contributed by atoms with Gasteiger partial charge in [-0.3, -0.25) is 4.72 Å². The van der Waals surface area contributed by atoms with Crippen molar-refractivity contribution in [2.45, 2.75) is 31.7 Å². The van der Waals surface area contributed by atoms with Crippen LogP contribution in [0.15, 0.2) is 18.2 Å². The monoisotopic (exact) mass is 304 g/mol. The van der Waals surface area contributed by atoms with Gasteiger partial charge in [-0.25, -0.2) is 17.2 Å². The van der Waals surface area contributed by atoms with Crippen molar-refractivity contribution in [2.75, 3.05) is 17.0 Å². The van der Waals surface area contributed by atoms with Crippen molar-refractivity contribution in [1.82, 2.24) is 5.32 Å². The molecule has 0 bridgehead atoms. The number of hydrogen-bond donors (Lipinski definition) is 2. The highest BCUT2D eigenvalue weighted by Crippen LogP contribution is 2.18. The van der Waals surface area contributed by atoms with Gasteiger partial charge in [-0.05, 0) is 44.4 Å². The highest BCUT2D eigenvalue weighted by atomic mass is 32.2. The van der Waals surface area contributed by atoms with Crippen LogP contribution in [0.4, 0.5) is 14.5 Å². The first-order chi connectivity index (χ1) is 9.44. The lowest BCUT2D eigenvalue weighted by atomic mass is 10.3. The van der Waals surface area contributed by atoms with E-state index in [4.69, 9.17) is 0 Å². The molecule has 1 aromatic carbocycles. The SMILES string of the molecule is O=S(=O)(CCCCNC1CC1)Nc1cc(F)cc(F)c1. The van der Waals surface area contributed by atoms with Crippen LogP contribution in [-0.2, 0) is 10.0 Å². The number of halogens is 2. The van der Waals surface area contributed by atoms with Gasteiger partial charge in [-0.15, -0.1) is 0 Å². The molecule has 1 saturated carbocycles. The van der Waals surface area contributed by atoms with Crippen molar-refractivity contribution in [3.8, 4) is 0 Å². The summed E-state index contributed by atoms with van der Waals surface area (Å²) in [6.07, 6.45) is 3.66. The van der Waals surface area contributed by atoms with E-state index in [1.54, 1.807) is 0 Å². The lowest BCUT2D eigenvalue weighted by Crippen LogP contribution is -2.20. The molecule has 1 fully saturated rings. The first kappa shape index (κ1) is 15.2. The maximum absolute atomic E-state index is 13.0. The zero-order valence-electron chi connectivity index (χ0n) is 11.0. The quantitative estimate of drug-likeness (QED) is 0.724. The molecule has 2 rings (SSSR count). The van der Waals surface area contributed by atoms with Crippen LogP contribution in [-0.4, -0.2) is 26.8 Å². The Morgan fingerprint density at radius 1 is 1.10 bits per heavy atom. The van der Waals surface area contributed by atoms with Gasteiger partial charge in [0.15, 0.2) is 0 Å². The van der Waals surface area contributed by atoms with Gasteiger partial charge in [0, 0.05) is 12.1 Å². The average Bonchev–Trinajstić information content (AvgIpc) is 3.10. The van der Waals surface area contributed by atoms with Crippen LogP contribution < -0.4 is 10.0 Å². The van der Waals surface area contributed by atoms with Crippen molar-refractivity contribution in [3.05, 3.63) is 29.8 Å². The predicted octanol–water partition coefficient (Wildman–Crippen LogP) is 2.24. The average molecular weight is 304 g/mol. The van der Waals surface area contributed by atoms with Gasteiger partial charge < -0.3 is 5.32 Å². The maximum atomic E-state index is 13.0. The van der Waals surface area contributed by atoms with E-state index in [2.05, 4.69) is 10.0 Å². The third kappa shape index (κ3) is 5.42. The minimum absolute atomic E-state index is 0.0581. The molecule has 20 heavy (non-hydrogen) atoms. The summed E-state index contributed by atoms with van der Waals surface area (Å²) in [5.74, 6) is -1.68. The largest absolute Gasteiger partial charge is 0.314 e. The van der Waals surface area contributed by atoms with Crippen LogP contribution in [0.3, 0.4) is 0 Å². The molecule has 7 heteroatoms. The summed E-state index contributed by atoms with van der Waals surface area (Å²) in [4.78, 5) is 0. The zero-order valence-corrected chi connectivity index (χ0v) is 11.8. The summed E-state index contributed by atoms with van der Waals surface area (Å²) >= 11 is 0. The Kier molecular flexibility index (Phi) is 4.93. The molecule has 0 heterocycles. The van der Waals surface area contributed by atoms with E-state index in [0.29, 0.717) is 18.5 Å². The van der Waals surface area contributed by atoms with E-state index in [-0.39, 0.29) is 11.4 Å². The number of hydrogen-bond acceptors (Lipinski definition) is 3. The fourth-order valence-electron chi connectivity index (χ4n) is 1.85. The summed E-state index contributed by atoms with van der Waals surface area (Å²) in [5.41, 5.74) is -0.0846. The number of anilines is 1. The smallest absolute Gasteiger partial charge is 0.232 e. The molecular formula is C13H18F2N2O2S. The Labute approximate surface area is 117 Å². The van der Waals surface area contributed by atoms with Gasteiger partial charge in [0.2, 0.25) is 10.0 Å².